The van der Waals surface area contributed by atoms with Gasteiger partial charge in [0, 0.05) is 44.1 Å². The molecule has 0 aliphatic carbocycles. The fourth-order valence-electron chi connectivity index (χ4n) is 1.62. The first-order valence-corrected chi connectivity index (χ1v) is 6.64. The van der Waals surface area contributed by atoms with Crippen molar-refractivity contribution in [3.63, 3.8) is 0 Å². The highest BCUT2D eigenvalue weighted by Crippen LogP contribution is 2.05. The standard InChI is InChI=1S/C13H25N3O2/c1-5-17-13(18-6-2)9-14-7-12-8-15-16(10-12)11(3)4/h8,10-11,13-14H,5-7,9H2,1-4H3. The minimum atomic E-state index is -0.167. The number of rotatable bonds is 9. The lowest BCUT2D eigenvalue weighted by molar-refractivity contribution is -0.133. The van der Waals surface area contributed by atoms with Crippen molar-refractivity contribution in [1.82, 2.24) is 15.1 Å². The number of aromatic nitrogens is 2. The first-order chi connectivity index (χ1) is 8.67. The molecule has 1 N–H and O–H groups in total. The van der Waals surface area contributed by atoms with E-state index < -0.39 is 0 Å². The van der Waals surface area contributed by atoms with E-state index in [1.165, 1.54) is 5.56 Å². The molecule has 0 aromatic carbocycles. The Morgan fingerprint density at radius 3 is 2.44 bits per heavy atom. The van der Waals surface area contributed by atoms with Gasteiger partial charge in [-0.05, 0) is 27.7 Å². The maximum absolute atomic E-state index is 5.46. The first-order valence-electron chi connectivity index (χ1n) is 6.64. The van der Waals surface area contributed by atoms with Gasteiger partial charge in [0.15, 0.2) is 6.29 Å². The zero-order valence-corrected chi connectivity index (χ0v) is 11.8. The third-order valence-electron chi connectivity index (χ3n) is 2.53. The van der Waals surface area contributed by atoms with E-state index in [0.717, 1.165) is 6.54 Å². The molecule has 5 heteroatoms. The molecule has 1 aromatic rings. The summed E-state index contributed by atoms with van der Waals surface area (Å²) >= 11 is 0. The van der Waals surface area contributed by atoms with Gasteiger partial charge in [-0.1, -0.05) is 0 Å². The molecular weight excluding hydrogens is 230 g/mol. The number of hydrogen-bond donors (Lipinski definition) is 1. The van der Waals surface area contributed by atoms with Crippen molar-refractivity contribution in [2.45, 2.75) is 46.6 Å². The van der Waals surface area contributed by atoms with Gasteiger partial charge in [-0.15, -0.1) is 0 Å². The normalized spacial score (nSPS) is 11.7. The van der Waals surface area contributed by atoms with Crippen LogP contribution < -0.4 is 5.32 Å². The zero-order valence-electron chi connectivity index (χ0n) is 11.8. The molecule has 1 rings (SSSR count). The van der Waals surface area contributed by atoms with Crippen LogP contribution in [-0.4, -0.2) is 35.8 Å². The molecule has 0 amide bonds. The van der Waals surface area contributed by atoms with Crippen molar-refractivity contribution in [3.05, 3.63) is 18.0 Å². The van der Waals surface area contributed by atoms with E-state index in [2.05, 4.69) is 30.5 Å². The molecule has 0 saturated carbocycles. The van der Waals surface area contributed by atoms with Crippen molar-refractivity contribution >= 4 is 0 Å². The summed E-state index contributed by atoms with van der Waals surface area (Å²) in [5.41, 5.74) is 1.18. The van der Waals surface area contributed by atoms with Gasteiger partial charge in [-0.2, -0.15) is 5.10 Å². The van der Waals surface area contributed by atoms with Crippen LogP contribution in [0.5, 0.6) is 0 Å². The summed E-state index contributed by atoms with van der Waals surface area (Å²) < 4.78 is 12.9. The molecule has 0 aliphatic rings. The van der Waals surface area contributed by atoms with Gasteiger partial charge in [0.2, 0.25) is 0 Å². The summed E-state index contributed by atoms with van der Waals surface area (Å²) in [6.07, 6.45) is 3.79. The van der Waals surface area contributed by atoms with E-state index in [4.69, 9.17) is 9.47 Å². The van der Waals surface area contributed by atoms with Crippen LogP contribution in [0.1, 0.15) is 39.3 Å². The largest absolute Gasteiger partial charge is 0.352 e. The second kappa shape index (κ2) is 8.24. The van der Waals surface area contributed by atoms with Crippen molar-refractivity contribution in [1.29, 1.82) is 0 Å². The molecule has 0 atom stereocenters. The molecule has 0 spiro atoms. The molecular formula is C13H25N3O2. The molecule has 0 radical (unpaired) electrons. The van der Waals surface area contributed by atoms with Crippen molar-refractivity contribution in [2.75, 3.05) is 19.8 Å². The summed E-state index contributed by atoms with van der Waals surface area (Å²) in [7, 11) is 0. The molecule has 0 fully saturated rings. The lowest BCUT2D eigenvalue weighted by Gasteiger charge is -2.17. The van der Waals surface area contributed by atoms with Crippen LogP contribution in [0.2, 0.25) is 0 Å². The average Bonchev–Trinajstić information content (AvgIpc) is 2.78. The second-order valence-electron chi connectivity index (χ2n) is 4.39. The lowest BCUT2D eigenvalue weighted by atomic mass is 10.3. The van der Waals surface area contributed by atoms with Crippen LogP contribution in [-0.2, 0) is 16.0 Å². The van der Waals surface area contributed by atoms with Gasteiger partial charge >= 0.3 is 0 Å². The molecule has 0 aliphatic heterocycles. The molecule has 0 saturated heterocycles. The van der Waals surface area contributed by atoms with Gasteiger partial charge < -0.3 is 14.8 Å². The Balaban J connectivity index is 2.30. The molecule has 0 unspecified atom stereocenters. The zero-order chi connectivity index (χ0) is 13.4. The third kappa shape index (κ3) is 5.16. The van der Waals surface area contributed by atoms with Crippen molar-refractivity contribution in [3.8, 4) is 0 Å². The molecule has 1 heterocycles. The maximum atomic E-state index is 5.46. The fraction of sp³-hybridized carbons (Fsp3) is 0.769. The number of nitrogens with one attached hydrogen (secondary N) is 1. The summed E-state index contributed by atoms with van der Waals surface area (Å²) in [5, 5.41) is 7.62. The van der Waals surface area contributed by atoms with Gasteiger partial charge in [0.1, 0.15) is 0 Å². The molecule has 104 valence electrons. The highest BCUT2D eigenvalue weighted by Gasteiger charge is 2.07. The van der Waals surface area contributed by atoms with E-state index in [1.807, 2.05) is 24.7 Å². The van der Waals surface area contributed by atoms with Crippen LogP contribution in [0.15, 0.2) is 12.4 Å². The van der Waals surface area contributed by atoms with E-state index in [1.54, 1.807) is 0 Å². The predicted molar refractivity (Wildman–Crippen MR) is 71.4 cm³/mol. The van der Waals surface area contributed by atoms with Crippen LogP contribution in [0.3, 0.4) is 0 Å². The summed E-state index contributed by atoms with van der Waals surface area (Å²) in [6.45, 7) is 11.0. The minimum Gasteiger partial charge on any atom is -0.352 e. The van der Waals surface area contributed by atoms with Gasteiger partial charge in [0.25, 0.3) is 0 Å². The summed E-state index contributed by atoms with van der Waals surface area (Å²) in [4.78, 5) is 0. The average molecular weight is 255 g/mol. The maximum Gasteiger partial charge on any atom is 0.169 e. The van der Waals surface area contributed by atoms with Crippen LogP contribution in [0.4, 0.5) is 0 Å². The minimum absolute atomic E-state index is 0.167. The Bertz CT molecular complexity index is 320. The second-order valence-corrected chi connectivity index (χ2v) is 4.39. The number of hydrogen-bond acceptors (Lipinski definition) is 4. The van der Waals surface area contributed by atoms with Gasteiger partial charge in [-0.25, -0.2) is 0 Å². The molecule has 5 nitrogen and oxygen atoms in total. The lowest BCUT2D eigenvalue weighted by Crippen LogP contribution is -2.31. The Kier molecular flexibility index (Phi) is 6.93. The van der Waals surface area contributed by atoms with Crippen molar-refractivity contribution < 1.29 is 9.47 Å². The van der Waals surface area contributed by atoms with Gasteiger partial charge in [-0.3, -0.25) is 4.68 Å². The van der Waals surface area contributed by atoms with E-state index in [9.17, 15) is 0 Å². The summed E-state index contributed by atoms with van der Waals surface area (Å²) in [6, 6.07) is 0.401. The highest BCUT2D eigenvalue weighted by molar-refractivity contribution is 5.03. The monoisotopic (exact) mass is 255 g/mol. The Hall–Kier alpha value is -0.910. The molecule has 1 aromatic heterocycles. The van der Waals surface area contributed by atoms with Crippen molar-refractivity contribution in [2.24, 2.45) is 0 Å². The topological polar surface area (TPSA) is 48.3 Å². The van der Waals surface area contributed by atoms with E-state index in [0.29, 0.717) is 25.8 Å². The number of ether oxygens (including phenoxy) is 2. The Labute approximate surface area is 109 Å². The van der Waals surface area contributed by atoms with E-state index >= 15 is 0 Å². The predicted octanol–water partition coefficient (Wildman–Crippen LogP) is 1.95. The van der Waals surface area contributed by atoms with Gasteiger partial charge in [0.05, 0.1) is 6.20 Å². The van der Waals surface area contributed by atoms with Crippen LogP contribution >= 0.6 is 0 Å². The first kappa shape index (κ1) is 15.1. The van der Waals surface area contributed by atoms with E-state index in [-0.39, 0.29) is 6.29 Å². The smallest absolute Gasteiger partial charge is 0.169 e. The Morgan fingerprint density at radius 2 is 1.94 bits per heavy atom. The summed E-state index contributed by atoms with van der Waals surface area (Å²) in [5.74, 6) is 0. The molecule has 0 bridgehead atoms. The number of nitrogens with zero attached hydrogens (tertiary/aromatic N) is 2. The quantitative estimate of drug-likeness (QED) is 0.685. The molecule has 18 heavy (non-hydrogen) atoms. The Morgan fingerprint density at radius 1 is 1.28 bits per heavy atom. The fourth-order valence-corrected chi connectivity index (χ4v) is 1.62. The SMILES string of the molecule is CCOC(CNCc1cnn(C(C)C)c1)OCC. The highest BCUT2D eigenvalue weighted by atomic mass is 16.7. The van der Waals surface area contributed by atoms with Crippen LogP contribution in [0, 0.1) is 0 Å². The van der Waals surface area contributed by atoms with Crippen LogP contribution in [0.25, 0.3) is 0 Å². The third-order valence-corrected chi connectivity index (χ3v) is 2.53.